The molecule has 3 aromatic rings. The van der Waals surface area contributed by atoms with Crippen molar-refractivity contribution in [3.63, 3.8) is 0 Å². The first-order chi connectivity index (χ1) is 9.63. The first kappa shape index (κ1) is 12.2. The maximum atomic E-state index is 12.3. The molecule has 0 saturated heterocycles. The van der Waals surface area contributed by atoms with E-state index in [1.807, 2.05) is 24.3 Å². The molecule has 0 bridgehead atoms. The zero-order chi connectivity index (χ0) is 14.1. The van der Waals surface area contributed by atoms with E-state index in [1.165, 1.54) is 0 Å². The van der Waals surface area contributed by atoms with Crippen molar-refractivity contribution in [1.29, 1.82) is 0 Å². The fourth-order valence-electron chi connectivity index (χ4n) is 1.99. The molecule has 0 atom stereocenters. The molecule has 1 aromatic carbocycles. The van der Waals surface area contributed by atoms with Crippen molar-refractivity contribution in [2.24, 2.45) is 0 Å². The molecule has 0 aliphatic carbocycles. The molecule has 3 rings (SSSR count). The van der Waals surface area contributed by atoms with Crippen LogP contribution in [-0.4, -0.2) is 16.0 Å². The third-order valence-electron chi connectivity index (χ3n) is 2.85. The Balaban J connectivity index is 2.02. The number of rotatable bonds is 2. The molecule has 6 heteroatoms. The third kappa shape index (κ3) is 2.18. The molecule has 2 heterocycles. The van der Waals surface area contributed by atoms with Gasteiger partial charge in [-0.05, 0) is 19.1 Å². The number of aromatic nitrogens is 2. The normalized spacial score (nSPS) is 10.7. The second-order valence-electron chi connectivity index (χ2n) is 4.39. The van der Waals surface area contributed by atoms with Crippen molar-refractivity contribution in [1.82, 2.24) is 10.1 Å². The van der Waals surface area contributed by atoms with Gasteiger partial charge in [0, 0.05) is 11.5 Å². The zero-order valence-electron chi connectivity index (χ0n) is 10.8. The topological polar surface area (TPSA) is 94.0 Å². The number of hydrogen-bond donors (Lipinski definition) is 2. The molecule has 0 aliphatic heterocycles. The van der Waals surface area contributed by atoms with Crippen LogP contribution >= 0.6 is 0 Å². The number of amides is 1. The summed E-state index contributed by atoms with van der Waals surface area (Å²) in [5.74, 6) is 0.986. The van der Waals surface area contributed by atoms with E-state index in [0.717, 1.165) is 5.39 Å². The van der Waals surface area contributed by atoms with Gasteiger partial charge >= 0.3 is 0 Å². The minimum absolute atomic E-state index is 0.296. The number of carbonyl (C=O) groups is 1. The number of nitrogen functional groups attached to an aromatic ring is 1. The Labute approximate surface area is 114 Å². The van der Waals surface area contributed by atoms with Crippen LogP contribution < -0.4 is 11.1 Å². The summed E-state index contributed by atoms with van der Waals surface area (Å²) in [6, 6.07) is 10.5. The van der Waals surface area contributed by atoms with Crippen LogP contribution in [0.2, 0.25) is 0 Å². The molecule has 2 aromatic heterocycles. The summed E-state index contributed by atoms with van der Waals surface area (Å²) < 4.78 is 4.91. The van der Waals surface area contributed by atoms with Gasteiger partial charge in [0.2, 0.25) is 0 Å². The Morgan fingerprint density at radius 3 is 2.85 bits per heavy atom. The molecule has 3 N–H and O–H groups in total. The fraction of sp³-hybridized carbons (Fsp3) is 0.0714. The average Bonchev–Trinajstić information content (AvgIpc) is 2.83. The number of nitrogens with one attached hydrogen (secondary N) is 1. The van der Waals surface area contributed by atoms with Crippen LogP contribution in [0.3, 0.4) is 0 Å². The van der Waals surface area contributed by atoms with E-state index in [-0.39, 0.29) is 5.91 Å². The summed E-state index contributed by atoms with van der Waals surface area (Å²) >= 11 is 0. The summed E-state index contributed by atoms with van der Waals surface area (Å²) in [5, 5.41) is 7.14. The molecular formula is C14H12N4O2. The number of nitrogens with zero attached hydrogens (tertiary/aromatic N) is 2. The molecule has 6 nitrogen and oxygen atoms in total. The summed E-state index contributed by atoms with van der Waals surface area (Å²) in [6.45, 7) is 1.75. The van der Waals surface area contributed by atoms with E-state index in [1.54, 1.807) is 19.1 Å². The Morgan fingerprint density at radius 1 is 1.30 bits per heavy atom. The summed E-state index contributed by atoms with van der Waals surface area (Å²) in [5.41, 5.74) is 6.86. The SMILES string of the molecule is Cc1cc(NC(=O)c2cc(N)nc3ccccc23)no1. The van der Waals surface area contributed by atoms with E-state index in [0.29, 0.717) is 28.5 Å². The van der Waals surface area contributed by atoms with Crippen molar-refractivity contribution >= 4 is 28.4 Å². The maximum absolute atomic E-state index is 12.3. The quantitative estimate of drug-likeness (QED) is 0.744. The maximum Gasteiger partial charge on any atom is 0.257 e. The lowest BCUT2D eigenvalue weighted by Gasteiger charge is -2.06. The summed E-state index contributed by atoms with van der Waals surface area (Å²) in [4.78, 5) is 16.5. The first-order valence-corrected chi connectivity index (χ1v) is 6.03. The monoisotopic (exact) mass is 268 g/mol. The van der Waals surface area contributed by atoms with Gasteiger partial charge in [0.1, 0.15) is 11.6 Å². The lowest BCUT2D eigenvalue weighted by Crippen LogP contribution is -2.13. The Kier molecular flexibility index (Phi) is 2.83. The number of benzene rings is 1. The zero-order valence-corrected chi connectivity index (χ0v) is 10.8. The number of para-hydroxylation sites is 1. The standard InChI is InChI=1S/C14H12N4O2/c1-8-6-13(18-20-8)17-14(19)10-7-12(15)16-11-5-3-2-4-9(10)11/h2-7H,1H3,(H2,15,16)(H,17,18,19). The van der Waals surface area contributed by atoms with Gasteiger partial charge in [-0.2, -0.15) is 0 Å². The molecular weight excluding hydrogens is 256 g/mol. The molecule has 0 radical (unpaired) electrons. The molecule has 20 heavy (non-hydrogen) atoms. The van der Waals surface area contributed by atoms with Crippen molar-refractivity contribution in [2.45, 2.75) is 6.92 Å². The fourth-order valence-corrected chi connectivity index (χ4v) is 1.99. The van der Waals surface area contributed by atoms with Gasteiger partial charge in [-0.15, -0.1) is 0 Å². The van der Waals surface area contributed by atoms with Gasteiger partial charge in [0.15, 0.2) is 5.82 Å². The van der Waals surface area contributed by atoms with Crippen molar-refractivity contribution in [3.05, 3.63) is 47.7 Å². The highest BCUT2D eigenvalue weighted by Gasteiger charge is 2.13. The minimum atomic E-state index is -0.302. The molecule has 0 saturated carbocycles. The highest BCUT2D eigenvalue weighted by Crippen LogP contribution is 2.20. The number of hydrogen-bond acceptors (Lipinski definition) is 5. The highest BCUT2D eigenvalue weighted by molar-refractivity contribution is 6.12. The van der Waals surface area contributed by atoms with Crippen molar-refractivity contribution in [3.8, 4) is 0 Å². The average molecular weight is 268 g/mol. The second kappa shape index (κ2) is 4.65. The van der Waals surface area contributed by atoms with Gasteiger partial charge in [0.25, 0.3) is 5.91 Å². The summed E-state index contributed by atoms with van der Waals surface area (Å²) in [7, 11) is 0. The van der Waals surface area contributed by atoms with Gasteiger partial charge in [-0.3, -0.25) is 4.79 Å². The van der Waals surface area contributed by atoms with Crippen LogP contribution in [0.1, 0.15) is 16.1 Å². The Hall–Kier alpha value is -2.89. The van der Waals surface area contributed by atoms with E-state index >= 15 is 0 Å². The van der Waals surface area contributed by atoms with E-state index in [4.69, 9.17) is 10.3 Å². The van der Waals surface area contributed by atoms with Crippen LogP contribution in [0.15, 0.2) is 40.9 Å². The predicted molar refractivity (Wildman–Crippen MR) is 75.3 cm³/mol. The smallest absolute Gasteiger partial charge is 0.257 e. The van der Waals surface area contributed by atoms with Gasteiger partial charge < -0.3 is 15.6 Å². The molecule has 0 unspecified atom stereocenters. The Bertz CT molecular complexity index is 795. The molecule has 0 spiro atoms. The van der Waals surface area contributed by atoms with E-state index < -0.39 is 0 Å². The molecule has 0 aliphatic rings. The number of carbonyl (C=O) groups excluding carboxylic acids is 1. The van der Waals surface area contributed by atoms with Gasteiger partial charge in [0.05, 0.1) is 11.1 Å². The first-order valence-electron chi connectivity index (χ1n) is 6.03. The lowest BCUT2D eigenvalue weighted by molar-refractivity contribution is 0.102. The van der Waals surface area contributed by atoms with Crippen LogP contribution in [0, 0.1) is 6.92 Å². The van der Waals surface area contributed by atoms with E-state index in [2.05, 4.69) is 15.5 Å². The van der Waals surface area contributed by atoms with Crippen molar-refractivity contribution < 1.29 is 9.32 Å². The van der Waals surface area contributed by atoms with Crippen LogP contribution in [0.5, 0.6) is 0 Å². The second-order valence-corrected chi connectivity index (χ2v) is 4.39. The number of fused-ring (bicyclic) bond motifs is 1. The van der Waals surface area contributed by atoms with Gasteiger partial charge in [-0.1, -0.05) is 23.4 Å². The lowest BCUT2D eigenvalue weighted by atomic mass is 10.1. The predicted octanol–water partition coefficient (Wildman–Crippen LogP) is 2.37. The molecule has 100 valence electrons. The summed E-state index contributed by atoms with van der Waals surface area (Å²) in [6.07, 6.45) is 0. The highest BCUT2D eigenvalue weighted by atomic mass is 16.5. The number of aryl methyl sites for hydroxylation is 1. The third-order valence-corrected chi connectivity index (χ3v) is 2.85. The Morgan fingerprint density at radius 2 is 2.10 bits per heavy atom. The number of anilines is 2. The van der Waals surface area contributed by atoms with Crippen molar-refractivity contribution in [2.75, 3.05) is 11.1 Å². The molecule has 0 fully saturated rings. The van der Waals surface area contributed by atoms with Crippen LogP contribution in [0.25, 0.3) is 10.9 Å². The largest absolute Gasteiger partial charge is 0.384 e. The minimum Gasteiger partial charge on any atom is -0.384 e. The number of pyridine rings is 1. The van der Waals surface area contributed by atoms with Gasteiger partial charge in [-0.25, -0.2) is 4.98 Å². The van der Waals surface area contributed by atoms with Crippen LogP contribution in [-0.2, 0) is 0 Å². The van der Waals surface area contributed by atoms with E-state index in [9.17, 15) is 4.79 Å². The van der Waals surface area contributed by atoms with Crippen LogP contribution in [0.4, 0.5) is 11.6 Å². The number of nitrogens with two attached hydrogens (primary N) is 1. The molecule has 1 amide bonds.